The summed E-state index contributed by atoms with van der Waals surface area (Å²) in [4.78, 5) is 22.6. The number of hydrogen-bond acceptors (Lipinski definition) is 4. The van der Waals surface area contributed by atoms with Gasteiger partial charge in [0.05, 0.1) is 11.1 Å². The summed E-state index contributed by atoms with van der Waals surface area (Å²) in [5.41, 5.74) is 3.90. The summed E-state index contributed by atoms with van der Waals surface area (Å²) in [5.74, 6) is -0.636. The Morgan fingerprint density at radius 1 is 1.23 bits per heavy atom. The normalized spacial score (nSPS) is 10.9. The van der Waals surface area contributed by atoms with E-state index in [2.05, 4.69) is 17.1 Å². The number of benzene rings is 2. The van der Waals surface area contributed by atoms with Crippen molar-refractivity contribution < 1.29 is 9.72 Å². The number of carbonyl (C=O) groups excluding carboxylic acids is 1. The molecule has 2 aromatic carbocycles. The minimum Gasteiger partial charge on any atom is -0.343 e. The third kappa shape index (κ3) is 3.36. The topological polar surface area (TPSA) is 89.5 Å². The molecule has 0 bridgehead atoms. The predicted molar refractivity (Wildman–Crippen MR) is 100 cm³/mol. The van der Waals surface area contributed by atoms with Crippen LogP contribution < -0.4 is 5.43 Å². The second-order valence-electron chi connectivity index (χ2n) is 5.52. The second-order valence-corrected chi connectivity index (χ2v) is 5.52. The number of allylic oxidation sites excluding steroid dienone is 1. The van der Waals surface area contributed by atoms with E-state index in [4.69, 9.17) is 0 Å². The van der Waals surface area contributed by atoms with E-state index in [1.54, 1.807) is 12.1 Å². The van der Waals surface area contributed by atoms with Gasteiger partial charge in [0.15, 0.2) is 0 Å². The molecule has 0 unspecified atom stereocenters. The van der Waals surface area contributed by atoms with E-state index < -0.39 is 10.8 Å². The zero-order valence-corrected chi connectivity index (χ0v) is 13.8. The molecule has 1 amide bonds. The van der Waals surface area contributed by atoms with Crippen LogP contribution in [0.3, 0.4) is 0 Å². The van der Waals surface area contributed by atoms with Gasteiger partial charge in [0.25, 0.3) is 11.6 Å². The molecule has 3 rings (SSSR count). The second kappa shape index (κ2) is 7.43. The van der Waals surface area contributed by atoms with Gasteiger partial charge in [-0.25, -0.2) is 5.43 Å². The fraction of sp³-hybridized carbons (Fsp3) is 0.0526. The third-order valence-corrected chi connectivity index (χ3v) is 3.86. The number of aromatic nitrogens is 1. The van der Waals surface area contributed by atoms with Crippen LogP contribution in [0.15, 0.2) is 72.5 Å². The lowest BCUT2D eigenvalue weighted by molar-refractivity contribution is -0.385. The van der Waals surface area contributed by atoms with Crippen molar-refractivity contribution in [3.63, 3.8) is 0 Å². The standard InChI is InChI=1S/C19H16N4O3/c1-2-11-22-13-14(15-7-3-5-9-17(15)22)12-20-21-19(24)16-8-4-6-10-18(16)23(25)26/h2-10,12-13H,1,11H2,(H,21,24)/b20-12-. The molecule has 0 aliphatic heterocycles. The molecule has 130 valence electrons. The molecule has 1 N–H and O–H groups in total. The zero-order valence-electron chi connectivity index (χ0n) is 13.8. The fourth-order valence-corrected chi connectivity index (χ4v) is 2.71. The van der Waals surface area contributed by atoms with Crippen LogP contribution in [0.4, 0.5) is 5.69 Å². The maximum absolute atomic E-state index is 12.2. The number of nitrogens with one attached hydrogen (secondary N) is 1. The molecule has 0 radical (unpaired) electrons. The van der Waals surface area contributed by atoms with E-state index in [0.717, 1.165) is 16.5 Å². The van der Waals surface area contributed by atoms with Crippen molar-refractivity contribution in [2.75, 3.05) is 0 Å². The number of hydrazone groups is 1. The quantitative estimate of drug-likeness (QED) is 0.320. The van der Waals surface area contributed by atoms with Crippen LogP contribution in [0, 0.1) is 10.1 Å². The molecule has 26 heavy (non-hydrogen) atoms. The zero-order chi connectivity index (χ0) is 18.5. The molecular weight excluding hydrogens is 332 g/mol. The largest absolute Gasteiger partial charge is 0.343 e. The number of para-hydroxylation sites is 2. The number of nitro groups is 1. The van der Waals surface area contributed by atoms with Crippen molar-refractivity contribution in [3.8, 4) is 0 Å². The molecule has 0 aliphatic carbocycles. The maximum atomic E-state index is 12.2. The average molecular weight is 348 g/mol. The highest BCUT2D eigenvalue weighted by atomic mass is 16.6. The summed E-state index contributed by atoms with van der Waals surface area (Å²) in [7, 11) is 0. The number of nitrogens with zero attached hydrogens (tertiary/aromatic N) is 3. The summed E-state index contributed by atoms with van der Waals surface area (Å²) in [6.07, 6.45) is 5.23. The Hall–Kier alpha value is -3.74. The molecule has 7 heteroatoms. The Balaban J connectivity index is 1.83. The van der Waals surface area contributed by atoms with Gasteiger partial charge < -0.3 is 4.57 Å². The summed E-state index contributed by atoms with van der Waals surface area (Å²) >= 11 is 0. The molecule has 7 nitrogen and oxygen atoms in total. The van der Waals surface area contributed by atoms with Gasteiger partial charge in [-0.1, -0.05) is 36.4 Å². The average Bonchev–Trinajstić information content (AvgIpc) is 3.00. The highest BCUT2D eigenvalue weighted by molar-refractivity contribution is 6.01. The van der Waals surface area contributed by atoms with E-state index in [-0.39, 0.29) is 11.3 Å². The highest BCUT2D eigenvalue weighted by Crippen LogP contribution is 2.20. The Labute approximate surface area is 149 Å². The van der Waals surface area contributed by atoms with Crippen molar-refractivity contribution in [1.29, 1.82) is 0 Å². The Morgan fingerprint density at radius 3 is 2.73 bits per heavy atom. The maximum Gasteiger partial charge on any atom is 0.282 e. The van der Waals surface area contributed by atoms with E-state index >= 15 is 0 Å². The summed E-state index contributed by atoms with van der Waals surface area (Å²) in [6, 6.07) is 13.5. The molecule has 0 atom stereocenters. The van der Waals surface area contributed by atoms with E-state index in [1.165, 1.54) is 24.4 Å². The van der Waals surface area contributed by atoms with E-state index in [1.807, 2.05) is 35.0 Å². The molecule has 0 spiro atoms. The summed E-state index contributed by atoms with van der Waals surface area (Å²) < 4.78 is 2.02. The van der Waals surface area contributed by atoms with Crippen LogP contribution in [-0.2, 0) is 6.54 Å². The van der Waals surface area contributed by atoms with Gasteiger partial charge in [-0.05, 0) is 12.1 Å². The Kier molecular flexibility index (Phi) is 4.89. The van der Waals surface area contributed by atoms with Crippen molar-refractivity contribution in [2.45, 2.75) is 6.54 Å². The monoisotopic (exact) mass is 348 g/mol. The number of amides is 1. The number of rotatable bonds is 6. The highest BCUT2D eigenvalue weighted by Gasteiger charge is 2.18. The smallest absolute Gasteiger partial charge is 0.282 e. The van der Waals surface area contributed by atoms with Crippen LogP contribution in [0.2, 0.25) is 0 Å². The fourth-order valence-electron chi connectivity index (χ4n) is 2.71. The lowest BCUT2D eigenvalue weighted by Crippen LogP contribution is -2.18. The minimum atomic E-state index is -0.636. The first-order valence-corrected chi connectivity index (χ1v) is 7.87. The van der Waals surface area contributed by atoms with Crippen LogP contribution in [0.25, 0.3) is 10.9 Å². The van der Waals surface area contributed by atoms with E-state index in [9.17, 15) is 14.9 Å². The van der Waals surface area contributed by atoms with Gasteiger partial charge in [-0.2, -0.15) is 5.10 Å². The van der Waals surface area contributed by atoms with Gasteiger partial charge in [-0.3, -0.25) is 14.9 Å². The first-order valence-electron chi connectivity index (χ1n) is 7.87. The first-order chi connectivity index (χ1) is 12.6. The Bertz CT molecular complexity index is 1020. The molecule has 0 aliphatic rings. The van der Waals surface area contributed by atoms with Crippen molar-refractivity contribution >= 4 is 28.7 Å². The molecule has 0 saturated heterocycles. The molecule has 1 aromatic heterocycles. The van der Waals surface area contributed by atoms with E-state index in [0.29, 0.717) is 6.54 Å². The molecule has 3 aromatic rings. The molecule has 0 saturated carbocycles. The summed E-state index contributed by atoms with van der Waals surface area (Å²) in [6.45, 7) is 4.40. The van der Waals surface area contributed by atoms with Crippen LogP contribution >= 0.6 is 0 Å². The van der Waals surface area contributed by atoms with Crippen LogP contribution in [0.5, 0.6) is 0 Å². The number of carbonyl (C=O) groups is 1. The lowest BCUT2D eigenvalue weighted by atomic mass is 10.2. The van der Waals surface area contributed by atoms with Crippen LogP contribution in [0.1, 0.15) is 15.9 Å². The number of hydrogen-bond donors (Lipinski definition) is 1. The van der Waals surface area contributed by atoms with Gasteiger partial charge >= 0.3 is 0 Å². The molecule has 1 heterocycles. The predicted octanol–water partition coefficient (Wildman–Crippen LogP) is 3.50. The molecule has 0 fully saturated rings. The molecular formula is C19H16N4O3. The first kappa shape index (κ1) is 17.1. The van der Waals surface area contributed by atoms with Crippen molar-refractivity contribution in [1.82, 2.24) is 9.99 Å². The van der Waals surface area contributed by atoms with Crippen LogP contribution in [-0.4, -0.2) is 21.6 Å². The van der Waals surface area contributed by atoms with Gasteiger partial charge in [0.2, 0.25) is 0 Å². The summed E-state index contributed by atoms with van der Waals surface area (Å²) in [5, 5.41) is 15.9. The van der Waals surface area contributed by atoms with Crippen molar-refractivity contribution in [2.24, 2.45) is 5.10 Å². The minimum absolute atomic E-state index is 0.0382. The number of nitro benzene ring substituents is 1. The van der Waals surface area contributed by atoms with Gasteiger partial charge in [-0.15, -0.1) is 6.58 Å². The third-order valence-electron chi connectivity index (χ3n) is 3.86. The SMILES string of the molecule is C=CCn1cc(/C=N\NC(=O)c2ccccc2[N+](=O)[O-])c2ccccc21. The lowest BCUT2D eigenvalue weighted by Gasteiger charge is -2.00. The van der Waals surface area contributed by atoms with Gasteiger partial charge in [0, 0.05) is 35.3 Å². The number of fused-ring (bicyclic) bond motifs is 1. The van der Waals surface area contributed by atoms with Gasteiger partial charge in [0.1, 0.15) is 5.56 Å². The Morgan fingerprint density at radius 2 is 1.96 bits per heavy atom. The van der Waals surface area contributed by atoms with Crippen molar-refractivity contribution in [3.05, 3.63) is 88.6 Å².